The summed E-state index contributed by atoms with van der Waals surface area (Å²) in [4.78, 5) is 12.6. The lowest BCUT2D eigenvalue weighted by molar-refractivity contribution is -0.123. The van der Waals surface area contributed by atoms with E-state index < -0.39 is 0 Å². The first-order valence-corrected chi connectivity index (χ1v) is 8.39. The normalized spacial score (nSPS) is 16.6. The maximum Gasteiger partial charge on any atom is 0.241 e. The van der Waals surface area contributed by atoms with Crippen LogP contribution in [0.1, 0.15) is 43.0 Å². The highest BCUT2D eigenvalue weighted by Crippen LogP contribution is 2.26. The molecule has 23 heavy (non-hydrogen) atoms. The van der Waals surface area contributed by atoms with Crippen molar-refractivity contribution in [2.45, 2.75) is 37.9 Å². The van der Waals surface area contributed by atoms with Gasteiger partial charge in [0.2, 0.25) is 5.91 Å². The molecular weight excluding hydrogens is 308 g/mol. The number of halogens is 1. The Morgan fingerprint density at radius 1 is 1.09 bits per heavy atom. The molecule has 2 atom stereocenters. The SMILES string of the molecule is C[C@H](N[C@H](C(=O)NC1CC1)c1ccccc1)c1ccccc1Cl. The number of benzene rings is 2. The van der Waals surface area contributed by atoms with Gasteiger partial charge in [-0.3, -0.25) is 10.1 Å². The average Bonchev–Trinajstić information content (AvgIpc) is 3.37. The van der Waals surface area contributed by atoms with Crippen molar-refractivity contribution >= 4 is 17.5 Å². The van der Waals surface area contributed by atoms with Crippen molar-refractivity contribution in [1.29, 1.82) is 0 Å². The molecule has 0 heterocycles. The molecule has 0 spiro atoms. The Bertz CT molecular complexity index is 670. The summed E-state index contributed by atoms with van der Waals surface area (Å²) in [5.41, 5.74) is 1.96. The standard InChI is InChI=1S/C19H21ClN2O/c1-13(16-9-5-6-10-17(16)20)21-18(14-7-3-2-4-8-14)19(23)22-15-11-12-15/h2-10,13,15,18,21H,11-12H2,1H3,(H,22,23)/t13-,18-/m0/s1. The molecule has 0 unspecified atom stereocenters. The van der Waals surface area contributed by atoms with Crippen LogP contribution in [0.25, 0.3) is 0 Å². The summed E-state index contributed by atoms with van der Waals surface area (Å²) in [5, 5.41) is 7.23. The Labute approximate surface area is 142 Å². The first-order chi connectivity index (χ1) is 11.1. The number of nitrogens with one attached hydrogen (secondary N) is 2. The average molecular weight is 329 g/mol. The lowest BCUT2D eigenvalue weighted by Crippen LogP contribution is -2.39. The highest BCUT2D eigenvalue weighted by molar-refractivity contribution is 6.31. The molecule has 2 aromatic rings. The predicted molar refractivity (Wildman–Crippen MR) is 93.4 cm³/mol. The first-order valence-electron chi connectivity index (χ1n) is 8.01. The summed E-state index contributed by atoms with van der Waals surface area (Å²) < 4.78 is 0. The minimum Gasteiger partial charge on any atom is -0.352 e. The summed E-state index contributed by atoms with van der Waals surface area (Å²) in [6.45, 7) is 2.03. The van der Waals surface area contributed by atoms with Crippen molar-refractivity contribution in [2.75, 3.05) is 0 Å². The fourth-order valence-electron chi connectivity index (χ4n) is 2.65. The lowest BCUT2D eigenvalue weighted by Gasteiger charge is -2.24. The van der Waals surface area contributed by atoms with Gasteiger partial charge in [0.25, 0.3) is 0 Å². The van der Waals surface area contributed by atoms with Gasteiger partial charge in [-0.05, 0) is 37.0 Å². The molecule has 1 saturated carbocycles. The van der Waals surface area contributed by atoms with Crippen LogP contribution in [0.4, 0.5) is 0 Å². The van der Waals surface area contributed by atoms with Gasteiger partial charge in [0, 0.05) is 17.1 Å². The predicted octanol–water partition coefficient (Wildman–Crippen LogP) is 4.01. The number of amides is 1. The molecule has 0 radical (unpaired) electrons. The van der Waals surface area contributed by atoms with Crippen LogP contribution >= 0.6 is 11.6 Å². The highest BCUT2D eigenvalue weighted by Gasteiger charge is 2.29. The van der Waals surface area contributed by atoms with E-state index in [9.17, 15) is 4.79 Å². The molecule has 0 bridgehead atoms. The van der Waals surface area contributed by atoms with E-state index in [-0.39, 0.29) is 18.0 Å². The fourth-order valence-corrected chi connectivity index (χ4v) is 2.95. The van der Waals surface area contributed by atoms with Gasteiger partial charge in [0.05, 0.1) is 0 Å². The largest absolute Gasteiger partial charge is 0.352 e. The second-order valence-corrected chi connectivity index (χ2v) is 6.44. The van der Waals surface area contributed by atoms with E-state index in [1.54, 1.807) is 0 Å². The number of carbonyl (C=O) groups excluding carboxylic acids is 1. The van der Waals surface area contributed by atoms with Crippen molar-refractivity contribution in [3.8, 4) is 0 Å². The Kier molecular flexibility index (Phi) is 4.99. The zero-order valence-corrected chi connectivity index (χ0v) is 13.9. The van der Waals surface area contributed by atoms with Gasteiger partial charge >= 0.3 is 0 Å². The fraction of sp³-hybridized carbons (Fsp3) is 0.316. The molecule has 3 rings (SSSR count). The Morgan fingerprint density at radius 3 is 2.39 bits per heavy atom. The molecule has 120 valence electrons. The maximum atomic E-state index is 12.6. The Hall–Kier alpha value is -1.84. The van der Waals surface area contributed by atoms with Gasteiger partial charge in [0.1, 0.15) is 6.04 Å². The third kappa shape index (κ3) is 4.12. The molecule has 2 aromatic carbocycles. The van der Waals surface area contributed by atoms with Crippen LogP contribution < -0.4 is 10.6 Å². The Balaban J connectivity index is 1.80. The van der Waals surface area contributed by atoms with Crippen molar-refractivity contribution in [2.24, 2.45) is 0 Å². The van der Waals surface area contributed by atoms with E-state index in [4.69, 9.17) is 11.6 Å². The van der Waals surface area contributed by atoms with E-state index in [1.165, 1.54) is 0 Å². The van der Waals surface area contributed by atoms with Crippen molar-refractivity contribution in [3.05, 3.63) is 70.7 Å². The molecule has 1 amide bonds. The minimum absolute atomic E-state index is 0.0256. The van der Waals surface area contributed by atoms with Crippen LogP contribution in [-0.4, -0.2) is 11.9 Å². The zero-order chi connectivity index (χ0) is 16.2. The quantitative estimate of drug-likeness (QED) is 0.841. The van der Waals surface area contributed by atoms with Gasteiger partial charge in [-0.2, -0.15) is 0 Å². The molecule has 3 nitrogen and oxygen atoms in total. The van der Waals surface area contributed by atoms with Crippen molar-refractivity contribution < 1.29 is 4.79 Å². The molecule has 0 aliphatic heterocycles. The van der Waals surface area contributed by atoms with Gasteiger partial charge < -0.3 is 5.32 Å². The summed E-state index contributed by atoms with van der Waals surface area (Å²) in [6, 6.07) is 17.5. The van der Waals surface area contributed by atoms with Gasteiger partial charge in [-0.25, -0.2) is 0 Å². The molecule has 4 heteroatoms. The third-order valence-electron chi connectivity index (χ3n) is 4.11. The first kappa shape index (κ1) is 16.0. The maximum absolute atomic E-state index is 12.6. The van der Waals surface area contributed by atoms with E-state index in [1.807, 2.05) is 61.5 Å². The highest BCUT2D eigenvalue weighted by atomic mass is 35.5. The van der Waals surface area contributed by atoms with Crippen LogP contribution in [-0.2, 0) is 4.79 Å². The second-order valence-electron chi connectivity index (χ2n) is 6.04. The van der Waals surface area contributed by atoms with E-state index >= 15 is 0 Å². The van der Waals surface area contributed by atoms with Crippen LogP contribution in [0, 0.1) is 0 Å². The third-order valence-corrected chi connectivity index (χ3v) is 4.45. The molecule has 1 aliphatic rings. The summed E-state index contributed by atoms with van der Waals surface area (Å²) in [6.07, 6.45) is 2.15. The number of carbonyl (C=O) groups is 1. The van der Waals surface area contributed by atoms with Crippen LogP contribution in [0.3, 0.4) is 0 Å². The lowest BCUT2D eigenvalue weighted by atomic mass is 10.0. The monoisotopic (exact) mass is 328 g/mol. The van der Waals surface area contributed by atoms with Crippen molar-refractivity contribution in [3.63, 3.8) is 0 Å². The minimum atomic E-state index is -0.386. The summed E-state index contributed by atoms with van der Waals surface area (Å²) in [5.74, 6) is 0.0256. The van der Waals surface area contributed by atoms with E-state index in [0.717, 1.165) is 24.0 Å². The summed E-state index contributed by atoms with van der Waals surface area (Å²) >= 11 is 6.28. The Morgan fingerprint density at radius 2 is 1.74 bits per heavy atom. The smallest absolute Gasteiger partial charge is 0.241 e. The van der Waals surface area contributed by atoms with Gasteiger partial charge in [0.15, 0.2) is 0 Å². The molecule has 1 aliphatic carbocycles. The number of rotatable bonds is 6. The second kappa shape index (κ2) is 7.16. The molecule has 1 fully saturated rings. The van der Waals surface area contributed by atoms with Crippen molar-refractivity contribution in [1.82, 2.24) is 10.6 Å². The van der Waals surface area contributed by atoms with Crippen LogP contribution in [0.5, 0.6) is 0 Å². The molecule has 0 saturated heterocycles. The van der Waals surface area contributed by atoms with Crippen LogP contribution in [0.15, 0.2) is 54.6 Å². The zero-order valence-electron chi connectivity index (χ0n) is 13.1. The van der Waals surface area contributed by atoms with Gasteiger partial charge in [-0.1, -0.05) is 60.1 Å². The van der Waals surface area contributed by atoms with E-state index in [0.29, 0.717) is 11.1 Å². The number of hydrogen-bond donors (Lipinski definition) is 2. The molecular formula is C19H21ClN2O. The molecule has 2 N–H and O–H groups in total. The van der Waals surface area contributed by atoms with E-state index in [2.05, 4.69) is 10.6 Å². The van der Waals surface area contributed by atoms with Crippen LogP contribution in [0.2, 0.25) is 5.02 Å². The van der Waals surface area contributed by atoms with Gasteiger partial charge in [-0.15, -0.1) is 0 Å². The summed E-state index contributed by atoms with van der Waals surface area (Å²) in [7, 11) is 0. The topological polar surface area (TPSA) is 41.1 Å². The number of hydrogen-bond acceptors (Lipinski definition) is 2. The molecule has 0 aromatic heterocycles.